The summed E-state index contributed by atoms with van der Waals surface area (Å²) in [5.74, 6) is 1.89. The van der Waals surface area contributed by atoms with Gasteiger partial charge in [-0.3, -0.25) is 4.79 Å². The predicted octanol–water partition coefficient (Wildman–Crippen LogP) is 4.54. The topological polar surface area (TPSA) is 55.1 Å². The SMILES string of the molecule is Cc1cc(NC(=O)C(C)SCc2ccc(C(C)(C)C)cc2)no1. The molecule has 0 fully saturated rings. The minimum absolute atomic E-state index is 0.0605. The molecule has 0 aliphatic carbocycles. The molecule has 5 heteroatoms. The predicted molar refractivity (Wildman–Crippen MR) is 95.8 cm³/mol. The Morgan fingerprint density at radius 2 is 1.96 bits per heavy atom. The van der Waals surface area contributed by atoms with Crippen molar-refractivity contribution in [3.8, 4) is 0 Å². The molecule has 1 N–H and O–H groups in total. The number of nitrogens with zero attached hydrogens (tertiary/aromatic N) is 1. The zero-order chi connectivity index (χ0) is 17.0. The molecule has 0 bridgehead atoms. The Kier molecular flexibility index (Phi) is 5.52. The molecule has 1 amide bonds. The first kappa shape index (κ1) is 17.6. The Bertz CT molecular complexity index is 656. The van der Waals surface area contributed by atoms with E-state index in [4.69, 9.17) is 4.52 Å². The number of nitrogens with one attached hydrogen (secondary N) is 1. The molecule has 1 aromatic carbocycles. The maximum Gasteiger partial charge on any atom is 0.238 e. The van der Waals surface area contributed by atoms with Gasteiger partial charge >= 0.3 is 0 Å². The second kappa shape index (κ2) is 7.21. The van der Waals surface area contributed by atoms with E-state index in [1.54, 1.807) is 24.8 Å². The third-order valence-corrected chi connectivity index (χ3v) is 4.78. The fourth-order valence-electron chi connectivity index (χ4n) is 2.05. The molecular weight excluding hydrogens is 308 g/mol. The molecular formula is C18H24N2O2S. The number of anilines is 1. The molecule has 0 saturated heterocycles. The standard InChI is InChI=1S/C18H24N2O2S/c1-12-10-16(20-22-12)19-17(21)13(2)23-11-14-6-8-15(9-7-14)18(3,4)5/h6-10,13H,11H2,1-5H3,(H,19,20,21). The molecule has 1 aromatic heterocycles. The maximum absolute atomic E-state index is 12.1. The van der Waals surface area contributed by atoms with Crippen LogP contribution in [-0.2, 0) is 16.0 Å². The van der Waals surface area contributed by atoms with E-state index in [9.17, 15) is 4.79 Å². The number of thioether (sulfide) groups is 1. The van der Waals surface area contributed by atoms with Crippen molar-refractivity contribution in [2.45, 2.75) is 51.0 Å². The van der Waals surface area contributed by atoms with Crippen LogP contribution in [0.5, 0.6) is 0 Å². The van der Waals surface area contributed by atoms with Gasteiger partial charge < -0.3 is 9.84 Å². The molecule has 1 atom stereocenters. The number of rotatable bonds is 5. The minimum atomic E-state index is -0.158. The highest BCUT2D eigenvalue weighted by Crippen LogP contribution is 2.24. The van der Waals surface area contributed by atoms with E-state index in [0.717, 1.165) is 5.75 Å². The van der Waals surface area contributed by atoms with Crippen molar-refractivity contribution in [3.05, 3.63) is 47.2 Å². The van der Waals surface area contributed by atoms with E-state index < -0.39 is 0 Å². The lowest BCUT2D eigenvalue weighted by Crippen LogP contribution is -2.22. The van der Waals surface area contributed by atoms with Crippen LogP contribution in [0.2, 0.25) is 0 Å². The first-order chi connectivity index (χ1) is 10.8. The Morgan fingerprint density at radius 1 is 1.30 bits per heavy atom. The average Bonchev–Trinajstić information content (AvgIpc) is 2.89. The van der Waals surface area contributed by atoms with E-state index in [1.165, 1.54) is 11.1 Å². The van der Waals surface area contributed by atoms with Gasteiger partial charge in [0.25, 0.3) is 0 Å². The van der Waals surface area contributed by atoms with Crippen molar-refractivity contribution < 1.29 is 9.32 Å². The van der Waals surface area contributed by atoms with Gasteiger partial charge in [0.15, 0.2) is 5.82 Å². The average molecular weight is 332 g/mol. The maximum atomic E-state index is 12.1. The third kappa shape index (κ3) is 5.13. The second-order valence-electron chi connectivity index (χ2n) is 6.71. The fourth-order valence-corrected chi connectivity index (χ4v) is 2.90. The number of benzene rings is 1. The van der Waals surface area contributed by atoms with Crippen LogP contribution < -0.4 is 5.32 Å². The van der Waals surface area contributed by atoms with Gasteiger partial charge in [0.1, 0.15) is 5.76 Å². The van der Waals surface area contributed by atoms with Crippen molar-refractivity contribution in [3.63, 3.8) is 0 Å². The van der Waals surface area contributed by atoms with Crippen LogP contribution in [0.15, 0.2) is 34.9 Å². The third-order valence-electron chi connectivity index (χ3n) is 3.57. The smallest absolute Gasteiger partial charge is 0.238 e. The van der Waals surface area contributed by atoms with Crippen LogP contribution in [0.3, 0.4) is 0 Å². The Morgan fingerprint density at radius 3 is 2.48 bits per heavy atom. The van der Waals surface area contributed by atoms with E-state index in [1.807, 2.05) is 6.92 Å². The van der Waals surface area contributed by atoms with E-state index in [-0.39, 0.29) is 16.6 Å². The normalized spacial score (nSPS) is 12.9. The molecule has 124 valence electrons. The van der Waals surface area contributed by atoms with Crippen LogP contribution in [0.4, 0.5) is 5.82 Å². The highest BCUT2D eigenvalue weighted by atomic mass is 32.2. The van der Waals surface area contributed by atoms with Crippen molar-refractivity contribution >= 4 is 23.5 Å². The fraction of sp³-hybridized carbons (Fsp3) is 0.444. The van der Waals surface area contributed by atoms with Gasteiger partial charge in [0, 0.05) is 11.8 Å². The van der Waals surface area contributed by atoms with Crippen LogP contribution in [0, 0.1) is 6.92 Å². The lowest BCUT2D eigenvalue weighted by Gasteiger charge is -2.19. The van der Waals surface area contributed by atoms with Gasteiger partial charge in [-0.25, -0.2) is 0 Å². The summed E-state index contributed by atoms with van der Waals surface area (Å²) in [7, 11) is 0. The Hall–Kier alpha value is -1.75. The summed E-state index contributed by atoms with van der Waals surface area (Å²) >= 11 is 1.61. The zero-order valence-electron chi connectivity index (χ0n) is 14.3. The molecule has 1 unspecified atom stereocenters. The Balaban J connectivity index is 1.86. The highest BCUT2D eigenvalue weighted by molar-refractivity contribution is 7.99. The molecule has 0 radical (unpaired) electrons. The number of aromatic nitrogens is 1. The van der Waals surface area contributed by atoms with E-state index in [0.29, 0.717) is 11.6 Å². The van der Waals surface area contributed by atoms with E-state index >= 15 is 0 Å². The molecule has 4 nitrogen and oxygen atoms in total. The summed E-state index contributed by atoms with van der Waals surface area (Å²) in [4.78, 5) is 12.1. The largest absolute Gasteiger partial charge is 0.360 e. The Labute approximate surface area is 142 Å². The lowest BCUT2D eigenvalue weighted by molar-refractivity contribution is -0.115. The van der Waals surface area contributed by atoms with Crippen LogP contribution >= 0.6 is 11.8 Å². The summed E-state index contributed by atoms with van der Waals surface area (Å²) in [5.41, 5.74) is 2.70. The summed E-state index contributed by atoms with van der Waals surface area (Å²) in [5, 5.41) is 6.38. The first-order valence-electron chi connectivity index (χ1n) is 7.71. The van der Waals surface area contributed by atoms with Gasteiger partial charge in [-0.15, -0.1) is 11.8 Å². The van der Waals surface area contributed by atoms with Crippen LogP contribution in [-0.4, -0.2) is 16.3 Å². The molecule has 0 aliphatic rings. The minimum Gasteiger partial charge on any atom is -0.360 e. The monoisotopic (exact) mass is 332 g/mol. The van der Waals surface area contributed by atoms with Crippen molar-refractivity contribution in [2.75, 3.05) is 5.32 Å². The van der Waals surface area contributed by atoms with Crippen molar-refractivity contribution in [1.29, 1.82) is 0 Å². The molecule has 0 saturated carbocycles. The summed E-state index contributed by atoms with van der Waals surface area (Å²) in [6.45, 7) is 10.3. The van der Waals surface area contributed by atoms with Crippen LogP contribution in [0.25, 0.3) is 0 Å². The zero-order valence-corrected chi connectivity index (χ0v) is 15.2. The molecule has 0 spiro atoms. The van der Waals surface area contributed by atoms with Crippen molar-refractivity contribution in [1.82, 2.24) is 5.16 Å². The van der Waals surface area contributed by atoms with Crippen LogP contribution in [0.1, 0.15) is 44.6 Å². The van der Waals surface area contributed by atoms with E-state index in [2.05, 4.69) is 55.5 Å². The molecule has 0 aliphatic heterocycles. The highest BCUT2D eigenvalue weighted by Gasteiger charge is 2.16. The number of amides is 1. The lowest BCUT2D eigenvalue weighted by atomic mass is 9.87. The number of aryl methyl sites for hydroxylation is 1. The number of carbonyl (C=O) groups excluding carboxylic acids is 1. The molecule has 23 heavy (non-hydrogen) atoms. The van der Waals surface area contributed by atoms with Gasteiger partial charge in [-0.2, -0.15) is 0 Å². The molecule has 2 rings (SSSR count). The summed E-state index contributed by atoms with van der Waals surface area (Å²) in [6, 6.07) is 10.3. The quantitative estimate of drug-likeness (QED) is 0.873. The molecule has 2 aromatic rings. The number of hydrogen-bond acceptors (Lipinski definition) is 4. The molecule has 1 heterocycles. The summed E-state index contributed by atoms with van der Waals surface area (Å²) in [6.07, 6.45) is 0. The number of hydrogen-bond donors (Lipinski definition) is 1. The van der Waals surface area contributed by atoms with Gasteiger partial charge in [-0.05, 0) is 30.4 Å². The van der Waals surface area contributed by atoms with Gasteiger partial charge in [-0.1, -0.05) is 50.2 Å². The summed E-state index contributed by atoms with van der Waals surface area (Å²) < 4.78 is 4.94. The van der Waals surface area contributed by atoms with Gasteiger partial charge in [0.2, 0.25) is 5.91 Å². The second-order valence-corrected chi connectivity index (χ2v) is 8.04. The number of carbonyl (C=O) groups is 1. The first-order valence-corrected chi connectivity index (χ1v) is 8.76. The van der Waals surface area contributed by atoms with Gasteiger partial charge in [0.05, 0.1) is 5.25 Å². The van der Waals surface area contributed by atoms with Crippen molar-refractivity contribution in [2.24, 2.45) is 0 Å².